The first-order valence-electron chi connectivity index (χ1n) is 8.26. The number of hydrogen-bond acceptors (Lipinski definition) is 5. The van der Waals surface area contributed by atoms with E-state index in [1.807, 2.05) is 30.3 Å². The van der Waals surface area contributed by atoms with Gasteiger partial charge in [-0.25, -0.2) is 0 Å². The van der Waals surface area contributed by atoms with Gasteiger partial charge in [0.1, 0.15) is 5.75 Å². The third-order valence-electron chi connectivity index (χ3n) is 4.65. The Morgan fingerprint density at radius 1 is 1.00 bits per heavy atom. The minimum atomic E-state index is -0.183. The average molecular weight is 342 g/mol. The lowest BCUT2D eigenvalue weighted by atomic mass is 9.85. The van der Waals surface area contributed by atoms with E-state index in [9.17, 15) is 9.90 Å². The zero-order valence-corrected chi connectivity index (χ0v) is 14.4. The van der Waals surface area contributed by atoms with E-state index < -0.39 is 0 Å². The van der Waals surface area contributed by atoms with Gasteiger partial charge < -0.3 is 19.3 Å². The van der Waals surface area contributed by atoms with Gasteiger partial charge in [-0.2, -0.15) is 0 Å². The van der Waals surface area contributed by atoms with Crippen LogP contribution in [-0.2, 0) is 22.4 Å². The quantitative estimate of drug-likeness (QED) is 0.818. The van der Waals surface area contributed by atoms with Crippen molar-refractivity contribution < 1.29 is 24.1 Å². The third-order valence-corrected chi connectivity index (χ3v) is 4.65. The van der Waals surface area contributed by atoms with Gasteiger partial charge in [-0.15, -0.1) is 0 Å². The molecule has 2 aromatic carbocycles. The molecule has 2 atom stereocenters. The van der Waals surface area contributed by atoms with Gasteiger partial charge in [0, 0.05) is 5.92 Å². The molecule has 1 aliphatic rings. The van der Waals surface area contributed by atoms with E-state index in [1.165, 1.54) is 0 Å². The molecule has 2 aromatic rings. The number of esters is 1. The largest absolute Gasteiger partial charge is 0.508 e. The van der Waals surface area contributed by atoms with E-state index in [4.69, 9.17) is 14.2 Å². The summed E-state index contributed by atoms with van der Waals surface area (Å²) in [7, 11) is 3.21. The van der Waals surface area contributed by atoms with Crippen molar-refractivity contribution in [1.29, 1.82) is 0 Å². The van der Waals surface area contributed by atoms with Crippen molar-refractivity contribution in [3.05, 3.63) is 53.6 Å². The van der Waals surface area contributed by atoms with Crippen LogP contribution in [0, 0.1) is 11.8 Å². The van der Waals surface area contributed by atoms with Crippen LogP contribution in [0.5, 0.6) is 17.2 Å². The fourth-order valence-corrected chi connectivity index (χ4v) is 3.25. The van der Waals surface area contributed by atoms with Gasteiger partial charge in [-0.05, 0) is 48.2 Å². The molecule has 0 saturated carbocycles. The van der Waals surface area contributed by atoms with Crippen LogP contribution in [0.1, 0.15) is 11.1 Å². The molecule has 25 heavy (non-hydrogen) atoms. The highest BCUT2D eigenvalue weighted by Crippen LogP contribution is 2.33. The number of carbonyl (C=O) groups is 1. The maximum absolute atomic E-state index is 12.2. The minimum absolute atomic E-state index is 0.111. The topological polar surface area (TPSA) is 65.0 Å². The van der Waals surface area contributed by atoms with Crippen molar-refractivity contribution in [3.63, 3.8) is 0 Å². The highest BCUT2D eigenvalue weighted by molar-refractivity contribution is 5.75. The number of phenols is 1. The number of phenolic OH excluding ortho intramolecular Hbond substituents is 1. The first-order chi connectivity index (χ1) is 12.1. The van der Waals surface area contributed by atoms with E-state index in [-0.39, 0.29) is 23.6 Å². The molecule has 1 aliphatic heterocycles. The molecule has 0 spiro atoms. The summed E-state index contributed by atoms with van der Waals surface area (Å²) >= 11 is 0. The summed E-state index contributed by atoms with van der Waals surface area (Å²) in [5.74, 6) is 1.36. The molecule has 1 saturated heterocycles. The second kappa shape index (κ2) is 7.47. The normalized spacial score (nSPS) is 19.5. The molecule has 0 amide bonds. The van der Waals surface area contributed by atoms with Crippen LogP contribution in [0.4, 0.5) is 0 Å². The van der Waals surface area contributed by atoms with Crippen molar-refractivity contribution in [2.24, 2.45) is 11.8 Å². The Balaban J connectivity index is 1.74. The first kappa shape index (κ1) is 17.1. The summed E-state index contributed by atoms with van der Waals surface area (Å²) in [5, 5.41) is 9.39. The number of aromatic hydroxyl groups is 1. The van der Waals surface area contributed by atoms with Crippen molar-refractivity contribution in [3.8, 4) is 17.2 Å². The van der Waals surface area contributed by atoms with E-state index in [0.717, 1.165) is 17.5 Å². The zero-order chi connectivity index (χ0) is 17.8. The maximum Gasteiger partial charge on any atom is 0.309 e. The lowest BCUT2D eigenvalue weighted by Gasteiger charge is -2.16. The monoisotopic (exact) mass is 342 g/mol. The molecule has 1 fully saturated rings. The van der Waals surface area contributed by atoms with Crippen LogP contribution in [0.2, 0.25) is 0 Å². The van der Waals surface area contributed by atoms with Gasteiger partial charge in [0.05, 0.1) is 26.7 Å². The molecule has 132 valence electrons. The molecule has 0 bridgehead atoms. The van der Waals surface area contributed by atoms with Crippen molar-refractivity contribution in [1.82, 2.24) is 0 Å². The predicted octanol–water partition coefficient (Wildman–Crippen LogP) is 2.98. The van der Waals surface area contributed by atoms with Crippen LogP contribution in [0.15, 0.2) is 42.5 Å². The fraction of sp³-hybridized carbons (Fsp3) is 0.350. The number of cyclic esters (lactones) is 1. The fourth-order valence-electron chi connectivity index (χ4n) is 3.25. The number of hydrogen-bond donors (Lipinski definition) is 1. The number of rotatable bonds is 6. The Hall–Kier alpha value is -2.69. The van der Waals surface area contributed by atoms with Crippen molar-refractivity contribution in [2.75, 3.05) is 20.8 Å². The zero-order valence-electron chi connectivity index (χ0n) is 14.4. The SMILES string of the molecule is COc1ccc(C[C@H]2COC(=O)[C@@H]2Cc2ccc(O)cc2)cc1OC. The lowest BCUT2D eigenvalue weighted by molar-refractivity contribution is -0.141. The second-order valence-electron chi connectivity index (χ2n) is 6.26. The maximum atomic E-state index is 12.2. The molecule has 0 unspecified atom stereocenters. The highest BCUT2D eigenvalue weighted by Gasteiger charge is 2.36. The highest BCUT2D eigenvalue weighted by atomic mass is 16.5. The van der Waals surface area contributed by atoms with E-state index in [1.54, 1.807) is 26.4 Å². The van der Waals surface area contributed by atoms with Gasteiger partial charge in [0.15, 0.2) is 11.5 Å². The van der Waals surface area contributed by atoms with Crippen LogP contribution in [0.25, 0.3) is 0 Å². The molecule has 5 nitrogen and oxygen atoms in total. The van der Waals surface area contributed by atoms with E-state index >= 15 is 0 Å². The second-order valence-corrected chi connectivity index (χ2v) is 6.26. The van der Waals surface area contributed by atoms with E-state index in [0.29, 0.717) is 24.5 Å². The minimum Gasteiger partial charge on any atom is -0.508 e. The van der Waals surface area contributed by atoms with Gasteiger partial charge in [-0.3, -0.25) is 4.79 Å². The lowest BCUT2D eigenvalue weighted by Crippen LogP contribution is -2.20. The Morgan fingerprint density at radius 3 is 2.36 bits per heavy atom. The molecule has 1 heterocycles. The third kappa shape index (κ3) is 3.87. The van der Waals surface area contributed by atoms with Crippen LogP contribution >= 0.6 is 0 Å². The molecule has 0 aliphatic carbocycles. The number of ether oxygens (including phenoxy) is 3. The summed E-state index contributed by atoms with van der Waals surface area (Å²) in [4.78, 5) is 12.2. The first-order valence-corrected chi connectivity index (χ1v) is 8.26. The Bertz CT molecular complexity index is 738. The molecule has 3 rings (SSSR count). The molecule has 0 aromatic heterocycles. The number of methoxy groups -OCH3 is 2. The van der Waals surface area contributed by atoms with Crippen LogP contribution in [0.3, 0.4) is 0 Å². The van der Waals surface area contributed by atoms with Crippen molar-refractivity contribution in [2.45, 2.75) is 12.8 Å². The average Bonchev–Trinajstić information content (AvgIpc) is 2.96. The van der Waals surface area contributed by atoms with Crippen LogP contribution in [-0.4, -0.2) is 31.9 Å². The van der Waals surface area contributed by atoms with Crippen molar-refractivity contribution >= 4 is 5.97 Å². The Morgan fingerprint density at radius 2 is 1.68 bits per heavy atom. The smallest absolute Gasteiger partial charge is 0.309 e. The molecule has 1 N–H and O–H groups in total. The molecular formula is C20H22O5. The van der Waals surface area contributed by atoms with E-state index in [2.05, 4.69) is 0 Å². The summed E-state index contributed by atoms with van der Waals surface area (Å²) in [5.41, 5.74) is 2.09. The summed E-state index contributed by atoms with van der Waals surface area (Å²) in [6.45, 7) is 0.427. The summed E-state index contributed by atoms with van der Waals surface area (Å²) in [6, 6.07) is 12.8. The Kier molecular flexibility index (Phi) is 5.12. The predicted molar refractivity (Wildman–Crippen MR) is 93.0 cm³/mol. The number of carbonyl (C=O) groups excluding carboxylic acids is 1. The molecule has 5 heteroatoms. The molecule has 0 radical (unpaired) electrons. The standard InChI is InChI=1S/C20H22O5/c1-23-18-8-5-14(11-19(18)24-2)9-15-12-25-20(22)17(15)10-13-3-6-16(21)7-4-13/h3-8,11,15,17,21H,9-10,12H2,1-2H3/t15-,17+/m0/s1. The van der Waals surface area contributed by atoms with Gasteiger partial charge in [0.25, 0.3) is 0 Å². The number of benzene rings is 2. The van der Waals surface area contributed by atoms with Gasteiger partial charge in [0.2, 0.25) is 0 Å². The molecular weight excluding hydrogens is 320 g/mol. The van der Waals surface area contributed by atoms with Gasteiger partial charge in [-0.1, -0.05) is 18.2 Å². The summed E-state index contributed by atoms with van der Waals surface area (Å²) < 4.78 is 15.9. The Labute approximate surface area is 147 Å². The van der Waals surface area contributed by atoms with Crippen LogP contribution < -0.4 is 9.47 Å². The summed E-state index contributed by atoms with van der Waals surface area (Å²) in [6.07, 6.45) is 1.34. The van der Waals surface area contributed by atoms with Gasteiger partial charge >= 0.3 is 5.97 Å².